The summed E-state index contributed by atoms with van der Waals surface area (Å²) in [5.41, 5.74) is 2.98. The normalized spacial score (nSPS) is 23.8. The van der Waals surface area contributed by atoms with Crippen molar-refractivity contribution in [2.45, 2.75) is 38.7 Å². The molecule has 1 aliphatic heterocycles. The highest BCUT2D eigenvalue weighted by atomic mass is 16.3. The first-order chi connectivity index (χ1) is 8.44. The molecule has 1 atom stereocenters. The summed E-state index contributed by atoms with van der Waals surface area (Å²) < 4.78 is 0. The van der Waals surface area contributed by atoms with Crippen LogP contribution in [0.1, 0.15) is 38.7 Å². The first-order valence-corrected chi connectivity index (χ1v) is 6.23. The monoisotopic (exact) mass is 251 g/mol. The SMILES string of the molecule is CC(C)c1c(NN)ncnc1N1CCC(C)(O)C1. The third-order valence-corrected chi connectivity index (χ3v) is 3.33. The molecule has 1 saturated heterocycles. The van der Waals surface area contributed by atoms with Gasteiger partial charge in [0.1, 0.15) is 18.0 Å². The number of β-amino-alcohol motifs (C(OH)–C–C–N with tert-alkyl or cyclic N) is 1. The number of hydrogen-bond donors (Lipinski definition) is 3. The van der Waals surface area contributed by atoms with E-state index in [2.05, 4.69) is 34.1 Å². The van der Waals surface area contributed by atoms with Gasteiger partial charge in [-0.3, -0.25) is 0 Å². The molecule has 1 aromatic heterocycles. The summed E-state index contributed by atoms with van der Waals surface area (Å²) in [6.07, 6.45) is 2.25. The third kappa shape index (κ3) is 2.39. The van der Waals surface area contributed by atoms with Crippen molar-refractivity contribution in [3.05, 3.63) is 11.9 Å². The highest BCUT2D eigenvalue weighted by molar-refractivity contribution is 5.60. The Kier molecular flexibility index (Phi) is 3.41. The summed E-state index contributed by atoms with van der Waals surface area (Å²) in [5.74, 6) is 7.28. The van der Waals surface area contributed by atoms with E-state index in [0.717, 1.165) is 24.3 Å². The highest BCUT2D eigenvalue weighted by Gasteiger charge is 2.33. The number of anilines is 2. The van der Waals surface area contributed by atoms with Crippen LogP contribution in [0.3, 0.4) is 0 Å². The van der Waals surface area contributed by atoms with Gasteiger partial charge in [0.15, 0.2) is 0 Å². The number of nitrogens with one attached hydrogen (secondary N) is 1. The van der Waals surface area contributed by atoms with Crippen molar-refractivity contribution in [1.82, 2.24) is 9.97 Å². The Labute approximate surface area is 107 Å². The molecule has 0 radical (unpaired) electrons. The second-order valence-electron chi connectivity index (χ2n) is 5.43. The van der Waals surface area contributed by atoms with Crippen LogP contribution >= 0.6 is 0 Å². The first kappa shape index (κ1) is 13.0. The van der Waals surface area contributed by atoms with E-state index in [-0.39, 0.29) is 5.92 Å². The van der Waals surface area contributed by atoms with Crippen LogP contribution in [0.4, 0.5) is 11.6 Å². The van der Waals surface area contributed by atoms with E-state index < -0.39 is 5.60 Å². The minimum absolute atomic E-state index is 0.262. The maximum absolute atomic E-state index is 10.1. The van der Waals surface area contributed by atoms with Crippen LogP contribution in [0.25, 0.3) is 0 Å². The van der Waals surface area contributed by atoms with E-state index in [9.17, 15) is 5.11 Å². The van der Waals surface area contributed by atoms with Crippen molar-refractivity contribution in [3.63, 3.8) is 0 Å². The number of rotatable bonds is 3. The molecule has 2 heterocycles. The lowest BCUT2D eigenvalue weighted by Crippen LogP contribution is -2.31. The number of nitrogens with zero attached hydrogens (tertiary/aromatic N) is 3. The van der Waals surface area contributed by atoms with E-state index in [4.69, 9.17) is 5.84 Å². The molecule has 0 spiro atoms. The van der Waals surface area contributed by atoms with Crippen LogP contribution in [-0.2, 0) is 0 Å². The molecule has 1 aliphatic rings. The molecule has 1 aromatic rings. The molecule has 1 unspecified atom stereocenters. The Bertz CT molecular complexity index is 432. The first-order valence-electron chi connectivity index (χ1n) is 6.23. The van der Waals surface area contributed by atoms with Gasteiger partial charge in [0.05, 0.1) is 5.60 Å². The minimum Gasteiger partial charge on any atom is -0.388 e. The van der Waals surface area contributed by atoms with Crippen LogP contribution in [0.2, 0.25) is 0 Å². The van der Waals surface area contributed by atoms with Gasteiger partial charge in [-0.1, -0.05) is 13.8 Å². The van der Waals surface area contributed by atoms with Gasteiger partial charge < -0.3 is 15.4 Å². The quantitative estimate of drug-likeness (QED) is 0.545. The van der Waals surface area contributed by atoms with E-state index in [1.165, 1.54) is 6.33 Å². The van der Waals surface area contributed by atoms with E-state index in [0.29, 0.717) is 12.4 Å². The summed E-state index contributed by atoms with van der Waals surface area (Å²) >= 11 is 0. The van der Waals surface area contributed by atoms with Gasteiger partial charge in [-0.25, -0.2) is 15.8 Å². The van der Waals surface area contributed by atoms with Crippen LogP contribution in [-0.4, -0.2) is 33.8 Å². The molecule has 1 fully saturated rings. The molecule has 100 valence electrons. The largest absolute Gasteiger partial charge is 0.388 e. The number of hydrogen-bond acceptors (Lipinski definition) is 6. The summed E-state index contributed by atoms with van der Waals surface area (Å²) in [7, 11) is 0. The van der Waals surface area contributed by atoms with Gasteiger partial charge in [0.25, 0.3) is 0 Å². The second-order valence-corrected chi connectivity index (χ2v) is 5.43. The van der Waals surface area contributed by atoms with E-state index >= 15 is 0 Å². The smallest absolute Gasteiger partial charge is 0.148 e. The van der Waals surface area contributed by atoms with Crippen LogP contribution < -0.4 is 16.2 Å². The van der Waals surface area contributed by atoms with Crippen LogP contribution in [0.15, 0.2) is 6.33 Å². The number of nitrogen functional groups attached to an aromatic ring is 1. The Morgan fingerprint density at radius 1 is 1.50 bits per heavy atom. The average molecular weight is 251 g/mol. The van der Waals surface area contributed by atoms with Crippen molar-refractivity contribution < 1.29 is 5.11 Å². The molecule has 18 heavy (non-hydrogen) atoms. The molecule has 6 heteroatoms. The lowest BCUT2D eigenvalue weighted by atomic mass is 10.0. The second kappa shape index (κ2) is 4.70. The zero-order valence-corrected chi connectivity index (χ0v) is 11.1. The number of aromatic nitrogens is 2. The molecule has 0 bridgehead atoms. The van der Waals surface area contributed by atoms with Crippen molar-refractivity contribution in [2.24, 2.45) is 5.84 Å². The molecular formula is C12H21N5O. The maximum atomic E-state index is 10.1. The van der Waals surface area contributed by atoms with Crippen molar-refractivity contribution in [1.29, 1.82) is 0 Å². The Morgan fingerprint density at radius 3 is 2.72 bits per heavy atom. The summed E-state index contributed by atoms with van der Waals surface area (Å²) in [4.78, 5) is 10.6. The molecule has 0 saturated carbocycles. The van der Waals surface area contributed by atoms with Gasteiger partial charge in [0.2, 0.25) is 0 Å². The number of nitrogens with two attached hydrogens (primary N) is 1. The summed E-state index contributed by atoms with van der Waals surface area (Å²) in [6.45, 7) is 7.40. The minimum atomic E-state index is -0.643. The Morgan fingerprint density at radius 2 is 2.22 bits per heavy atom. The van der Waals surface area contributed by atoms with Crippen LogP contribution in [0.5, 0.6) is 0 Å². The van der Waals surface area contributed by atoms with Gasteiger partial charge in [0, 0.05) is 18.7 Å². The average Bonchev–Trinajstić information content (AvgIpc) is 2.68. The van der Waals surface area contributed by atoms with E-state index in [1.807, 2.05) is 6.92 Å². The summed E-state index contributed by atoms with van der Waals surface area (Å²) in [5, 5.41) is 10.1. The van der Waals surface area contributed by atoms with Gasteiger partial charge in [-0.2, -0.15) is 0 Å². The van der Waals surface area contributed by atoms with Crippen molar-refractivity contribution >= 4 is 11.6 Å². The van der Waals surface area contributed by atoms with Gasteiger partial charge in [-0.15, -0.1) is 0 Å². The zero-order chi connectivity index (χ0) is 13.3. The third-order valence-electron chi connectivity index (χ3n) is 3.33. The highest BCUT2D eigenvalue weighted by Crippen LogP contribution is 2.33. The van der Waals surface area contributed by atoms with Gasteiger partial charge >= 0.3 is 0 Å². The molecule has 0 amide bonds. The zero-order valence-electron chi connectivity index (χ0n) is 11.1. The predicted molar refractivity (Wildman–Crippen MR) is 71.4 cm³/mol. The fourth-order valence-corrected chi connectivity index (χ4v) is 2.41. The molecule has 0 aromatic carbocycles. The Hall–Kier alpha value is -1.40. The molecule has 6 nitrogen and oxygen atoms in total. The predicted octanol–water partition coefficient (Wildman–Crippen LogP) is 0.847. The molecule has 0 aliphatic carbocycles. The number of aliphatic hydroxyl groups is 1. The standard InChI is InChI=1S/C12H21N5O/c1-8(2)9-10(16-13)14-7-15-11(9)17-5-4-12(3,18)6-17/h7-8,18H,4-6,13H2,1-3H3,(H,14,15,16). The molecule has 2 rings (SSSR count). The van der Waals surface area contributed by atoms with Crippen molar-refractivity contribution in [2.75, 3.05) is 23.4 Å². The Balaban J connectivity index is 2.39. The van der Waals surface area contributed by atoms with Crippen molar-refractivity contribution in [3.8, 4) is 0 Å². The van der Waals surface area contributed by atoms with Crippen LogP contribution in [0, 0.1) is 0 Å². The topological polar surface area (TPSA) is 87.3 Å². The van der Waals surface area contributed by atoms with E-state index in [1.54, 1.807) is 0 Å². The summed E-state index contributed by atoms with van der Waals surface area (Å²) in [6, 6.07) is 0. The lowest BCUT2D eigenvalue weighted by molar-refractivity contribution is 0.0839. The fourth-order valence-electron chi connectivity index (χ4n) is 2.41. The fraction of sp³-hybridized carbons (Fsp3) is 0.667. The van der Waals surface area contributed by atoms with Gasteiger partial charge in [-0.05, 0) is 19.3 Å². The lowest BCUT2D eigenvalue weighted by Gasteiger charge is -2.24. The molecular weight excluding hydrogens is 230 g/mol. The maximum Gasteiger partial charge on any atom is 0.148 e. The number of hydrazine groups is 1. The molecule has 4 N–H and O–H groups in total.